The monoisotopic (exact) mass is 539 g/mol. The van der Waals surface area contributed by atoms with Crippen LogP contribution in [0.1, 0.15) is 64.3 Å². The van der Waals surface area contributed by atoms with E-state index in [0.717, 1.165) is 13.0 Å². The minimum atomic E-state index is -4.73. The number of aromatic amines is 1. The first-order valence-electron chi connectivity index (χ1n) is 11.2. The lowest BCUT2D eigenvalue weighted by Crippen LogP contribution is -2.40. The number of pyridine rings is 1. The molecule has 7 atom stereocenters. The number of aliphatic hydroxyl groups is 3. The molecule has 0 spiro atoms. The molecule has 5 N–H and O–H groups in total. The predicted molar refractivity (Wildman–Crippen MR) is 119 cm³/mol. The maximum atomic E-state index is 12.9. The van der Waals surface area contributed by atoms with E-state index in [9.17, 15) is 42.7 Å². The van der Waals surface area contributed by atoms with Gasteiger partial charge in [0.2, 0.25) is 0 Å². The number of hydrogen-bond donors (Lipinski definition) is 5. The highest BCUT2D eigenvalue weighted by molar-refractivity contribution is 7.54. The number of halogens is 3. The van der Waals surface area contributed by atoms with Crippen LogP contribution in [0.3, 0.4) is 0 Å². The van der Waals surface area contributed by atoms with Gasteiger partial charge in [-0.25, -0.2) is 0 Å². The first kappa shape index (κ1) is 28.6. The molecule has 0 aliphatic carbocycles. The van der Waals surface area contributed by atoms with Gasteiger partial charge in [-0.1, -0.05) is 13.8 Å². The smallest absolute Gasteiger partial charge is 0.388 e. The van der Waals surface area contributed by atoms with E-state index in [4.69, 9.17) is 9.26 Å². The number of fused-ring (bicyclic) bond motifs is 1. The predicted octanol–water partition coefficient (Wildman–Crippen LogP) is 2.33. The molecule has 0 bridgehead atoms. The Labute approximate surface area is 204 Å². The topological polar surface area (TPSA) is 175 Å². The zero-order chi connectivity index (χ0) is 27.3. The van der Waals surface area contributed by atoms with Gasteiger partial charge in [0.25, 0.3) is 5.56 Å². The second kappa shape index (κ2) is 9.75. The SMILES string of the molecule is CCC(C)(C[C@H]1O[C@@H](c2cc3ncc(C(F)(F)F)[nH]c-3nc2=O)[C@@H](O)C1O)OP(=O)(O)C(C)(O)CC. The molecule has 0 aromatic heterocycles. The summed E-state index contributed by atoms with van der Waals surface area (Å²) in [6, 6.07) is 1.11. The van der Waals surface area contributed by atoms with Crippen LogP contribution in [0.4, 0.5) is 13.2 Å². The van der Waals surface area contributed by atoms with Gasteiger partial charge in [0.1, 0.15) is 29.7 Å². The number of aromatic nitrogens is 3. The number of ether oxygens (including phenoxy) is 1. The fourth-order valence-corrected chi connectivity index (χ4v) is 5.17. The third-order valence-corrected chi connectivity index (χ3v) is 8.78. The van der Waals surface area contributed by atoms with E-state index in [2.05, 4.69) is 9.97 Å². The van der Waals surface area contributed by atoms with E-state index in [1.54, 1.807) is 6.92 Å². The van der Waals surface area contributed by atoms with Crippen LogP contribution in [0.15, 0.2) is 17.1 Å². The van der Waals surface area contributed by atoms with Crippen molar-refractivity contribution >= 4 is 7.60 Å². The van der Waals surface area contributed by atoms with Gasteiger partial charge in [-0.3, -0.25) is 14.3 Å². The van der Waals surface area contributed by atoms with Gasteiger partial charge in [-0.2, -0.15) is 18.2 Å². The Bertz CT molecular complexity index is 1180. The second-order valence-corrected chi connectivity index (χ2v) is 11.5. The van der Waals surface area contributed by atoms with Gasteiger partial charge in [0.05, 0.1) is 23.5 Å². The van der Waals surface area contributed by atoms with E-state index in [-0.39, 0.29) is 30.5 Å². The quantitative estimate of drug-likeness (QED) is 0.313. The summed E-state index contributed by atoms with van der Waals surface area (Å²) in [5.74, 6) is -0.420. The summed E-state index contributed by atoms with van der Waals surface area (Å²) in [5.41, 5.74) is -3.92. The number of alkyl halides is 3. The Morgan fingerprint density at radius 1 is 1.19 bits per heavy atom. The average Bonchev–Trinajstić information content (AvgIpc) is 3.05. The van der Waals surface area contributed by atoms with Crippen LogP contribution in [0.2, 0.25) is 0 Å². The maximum absolute atomic E-state index is 12.9. The number of rotatable bonds is 8. The number of H-pyrrole nitrogens is 1. The van der Waals surface area contributed by atoms with Gasteiger partial charge in [0.15, 0.2) is 11.2 Å². The van der Waals surface area contributed by atoms with E-state index in [0.29, 0.717) is 6.20 Å². The Balaban J connectivity index is 1.88. The van der Waals surface area contributed by atoms with Crippen molar-refractivity contribution in [3.05, 3.63) is 33.9 Å². The third-order valence-electron chi connectivity index (χ3n) is 6.56. The molecule has 1 saturated heterocycles. The van der Waals surface area contributed by atoms with Crippen molar-refractivity contribution < 1.29 is 47.2 Å². The van der Waals surface area contributed by atoms with Crippen molar-refractivity contribution in [2.75, 3.05) is 0 Å². The van der Waals surface area contributed by atoms with Crippen molar-refractivity contribution in [1.29, 1.82) is 0 Å². The molecule has 0 aromatic rings. The Morgan fingerprint density at radius 2 is 1.83 bits per heavy atom. The number of nitrogens with zero attached hydrogens (tertiary/aromatic N) is 2. The molecule has 0 saturated carbocycles. The van der Waals surface area contributed by atoms with Crippen LogP contribution >= 0.6 is 7.60 Å². The molecular weight excluding hydrogens is 510 g/mol. The molecule has 3 aliphatic rings. The molecule has 15 heteroatoms. The zero-order valence-electron chi connectivity index (χ0n) is 20.0. The molecule has 1 fully saturated rings. The zero-order valence-corrected chi connectivity index (χ0v) is 20.9. The second-order valence-electron chi connectivity index (χ2n) is 9.31. The fourth-order valence-electron chi connectivity index (χ4n) is 3.78. The van der Waals surface area contributed by atoms with Gasteiger partial charge in [-0.05, 0) is 32.8 Å². The van der Waals surface area contributed by atoms with E-state index in [1.807, 2.05) is 4.98 Å². The first-order chi connectivity index (χ1) is 16.4. The van der Waals surface area contributed by atoms with Crippen molar-refractivity contribution in [2.24, 2.45) is 0 Å². The molecule has 3 heterocycles. The number of hydrogen-bond acceptors (Lipinski definition) is 9. The van der Waals surface area contributed by atoms with Crippen LogP contribution in [0, 0.1) is 0 Å². The summed E-state index contributed by atoms with van der Waals surface area (Å²) in [6.45, 7) is 5.80. The summed E-state index contributed by atoms with van der Waals surface area (Å²) in [5, 5.41) is 29.4. The molecule has 3 rings (SSSR count). The van der Waals surface area contributed by atoms with Gasteiger partial charge in [0, 0.05) is 6.42 Å². The largest absolute Gasteiger partial charge is 0.432 e. The van der Waals surface area contributed by atoms with E-state index in [1.165, 1.54) is 13.8 Å². The molecule has 0 amide bonds. The van der Waals surface area contributed by atoms with Crippen LogP contribution in [0.5, 0.6) is 0 Å². The molecule has 4 unspecified atom stereocenters. The highest BCUT2D eigenvalue weighted by Gasteiger charge is 2.51. The maximum Gasteiger partial charge on any atom is 0.432 e. The molecule has 0 aromatic carbocycles. The molecule has 0 radical (unpaired) electrons. The van der Waals surface area contributed by atoms with E-state index >= 15 is 0 Å². The minimum Gasteiger partial charge on any atom is -0.388 e. The summed E-state index contributed by atoms with van der Waals surface area (Å²) >= 11 is 0. The fraction of sp³-hybridized carbons (Fsp3) is 0.667. The lowest BCUT2D eigenvalue weighted by atomic mass is 9.92. The normalized spacial score (nSPS) is 28.0. The summed E-state index contributed by atoms with van der Waals surface area (Å²) < 4.78 is 62.6. The van der Waals surface area contributed by atoms with Crippen molar-refractivity contribution in [3.8, 4) is 11.5 Å². The summed E-state index contributed by atoms with van der Waals surface area (Å²) in [6.07, 6.45) is -10.0. The Morgan fingerprint density at radius 3 is 2.39 bits per heavy atom. The molecule has 202 valence electrons. The Hall–Kier alpha value is -1.93. The van der Waals surface area contributed by atoms with Crippen LogP contribution in [0.25, 0.3) is 11.5 Å². The standard InChI is InChI=1S/C21H29F3N3O8P/c1-5-19(3,35-36(32,33)20(4,31)6-2)8-12-14(28)15(29)16(34-12)10-7-11-17(27-18(10)30)26-13(9-25-11)21(22,23)24/h7,9,12,14-16,28-29,31H,5-6,8H2,1-4H3,(H,32,33)(H,26,27,30)/t12-,14?,15+,16+,19?,20?/m1/s1. The van der Waals surface area contributed by atoms with Gasteiger partial charge < -0.3 is 34.5 Å². The molecule has 11 nitrogen and oxygen atoms in total. The lowest BCUT2D eigenvalue weighted by molar-refractivity contribution is -0.141. The van der Waals surface area contributed by atoms with Crippen LogP contribution in [-0.4, -0.2) is 64.4 Å². The average molecular weight is 539 g/mol. The lowest BCUT2D eigenvalue weighted by Gasteiger charge is -2.37. The van der Waals surface area contributed by atoms with Crippen molar-refractivity contribution in [2.45, 2.75) is 88.5 Å². The van der Waals surface area contributed by atoms with Crippen LogP contribution in [-0.2, 0) is 20.0 Å². The Kier molecular flexibility index (Phi) is 7.75. The van der Waals surface area contributed by atoms with Crippen LogP contribution < -0.4 is 5.56 Å². The highest BCUT2D eigenvalue weighted by atomic mass is 31.2. The summed E-state index contributed by atoms with van der Waals surface area (Å²) in [4.78, 5) is 32.2. The first-order valence-corrected chi connectivity index (χ1v) is 12.8. The van der Waals surface area contributed by atoms with E-state index < -0.39 is 66.2 Å². The van der Waals surface area contributed by atoms with Gasteiger partial charge in [-0.15, -0.1) is 0 Å². The molecular formula is C21H29F3N3O8P. The molecule has 36 heavy (non-hydrogen) atoms. The summed E-state index contributed by atoms with van der Waals surface area (Å²) in [7, 11) is -4.55. The highest BCUT2D eigenvalue weighted by Crippen LogP contribution is 2.59. The number of aliphatic hydroxyl groups excluding tert-OH is 2. The van der Waals surface area contributed by atoms with Crippen molar-refractivity contribution in [3.63, 3.8) is 0 Å². The van der Waals surface area contributed by atoms with Gasteiger partial charge >= 0.3 is 13.8 Å². The molecule has 3 aliphatic heterocycles. The van der Waals surface area contributed by atoms with Crippen molar-refractivity contribution in [1.82, 2.24) is 15.0 Å². The number of nitrogens with one attached hydrogen (secondary N) is 1. The minimum absolute atomic E-state index is 0.0684. The third kappa shape index (κ3) is 5.49.